The molecule has 0 aliphatic carbocycles. The van der Waals surface area contributed by atoms with Crippen LogP contribution in [0.5, 0.6) is 0 Å². The Morgan fingerprint density at radius 1 is 1.25 bits per heavy atom. The number of fused-ring (bicyclic) bond motifs is 1. The summed E-state index contributed by atoms with van der Waals surface area (Å²) in [7, 11) is 1.64. The number of anilines is 1. The molecule has 2 aromatic heterocycles. The normalized spacial score (nSPS) is 18.9. The molecule has 0 bridgehead atoms. The van der Waals surface area contributed by atoms with Crippen molar-refractivity contribution < 1.29 is 9.90 Å². The van der Waals surface area contributed by atoms with E-state index in [4.69, 9.17) is 5.73 Å². The molecule has 0 spiro atoms. The molecule has 1 aliphatic rings. The number of likely N-dealkylation sites (N-methyl/N-ethyl adjacent to an activating group) is 1. The van der Waals surface area contributed by atoms with Crippen LogP contribution in [0.25, 0.3) is 22.3 Å². The van der Waals surface area contributed by atoms with Gasteiger partial charge in [0.25, 0.3) is 5.91 Å². The Labute approximate surface area is 160 Å². The minimum atomic E-state index is -1.64. The number of aliphatic hydroxyl groups is 1. The summed E-state index contributed by atoms with van der Waals surface area (Å²) in [6.45, 7) is 0.475. The number of nitrogens with zero attached hydrogens (tertiary/aromatic N) is 3. The highest BCUT2D eigenvalue weighted by Gasteiger charge is 2.42. The molecule has 1 amide bonds. The van der Waals surface area contributed by atoms with Crippen molar-refractivity contribution >= 4 is 22.8 Å². The van der Waals surface area contributed by atoms with Gasteiger partial charge >= 0.3 is 5.69 Å². The Morgan fingerprint density at radius 2 is 2.07 bits per heavy atom. The van der Waals surface area contributed by atoms with E-state index in [9.17, 15) is 14.7 Å². The first kappa shape index (κ1) is 17.7. The van der Waals surface area contributed by atoms with Gasteiger partial charge in [-0.3, -0.25) is 4.79 Å². The molecule has 8 heteroatoms. The van der Waals surface area contributed by atoms with Crippen molar-refractivity contribution in [3.8, 4) is 23.1 Å². The number of amides is 1. The van der Waals surface area contributed by atoms with E-state index in [1.54, 1.807) is 25.2 Å². The van der Waals surface area contributed by atoms with Gasteiger partial charge in [0.1, 0.15) is 5.52 Å². The highest BCUT2D eigenvalue weighted by Crippen LogP contribution is 2.23. The first-order valence-corrected chi connectivity index (χ1v) is 8.64. The molecule has 1 saturated heterocycles. The smallest absolute Gasteiger partial charge is 0.347 e. The molecule has 3 aromatic rings. The summed E-state index contributed by atoms with van der Waals surface area (Å²) in [4.78, 5) is 35.7. The molecule has 1 atom stereocenters. The first-order valence-electron chi connectivity index (χ1n) is 8.64. The van der Waals surface area contributed by atoms with Crippen molar-refractivity contribution in [2.75, 3.05) is 19.3 Å². The number of benzene rings is 1. The number of aromatic amines is 1. The molecule has 4 rings (SSSR count). The van der Waals surface area contributed by atoms with Gasteiger partial charge in [0.2, 0.25) is 5.60 Å². The highest BCUT2D eigenvalue weighted by molar-refractivity contribution is 5.90. The fraction of sp³-hybridized carbons (Fsp3) is 0.200. The van der Waals surface area contributed by atoms with Crippen molar-refractivity contribution in [2.45, 2.75) is 12.0 Å². The van der Waals surface area contributed by atoms with Gasteiger partial charge in [0, 0.05) is 31.1 Å². The Bertz CT molecular complexity index is 1220. The van der Waals surface area contributed by atoms with Crippen molar-refractivity contribution in [3.05, 3.63) is 52.4 Å². The van der Waals surface area contributed by atoms with Crippen LogP contribution in [0.2, 0.25) is 0 Å². The summed E-state index contributed by atoms with van der Waals surface area (Å²) in [5, 5.41) is 10.4. The van der Waals surface area contributed by atoms with E-state index in [0.29, 0.717) is 28.8 Å². The maximum Gasteiger partial charge on any atom is 0.347 e. The van der Waals surface area contributed by atoms with E-state index >= 15 is 0 Å². The second-order valence-corrected chi connectivity index (χ2v) is 6.69. The molecule has 0 radical (unpaired) electrons. The van der Waals surface area contributed by atoms with Crippen LogP contribution >= 0.6 is 0 Å². The lowest BCUT2D eigenvalue weighted by molar-refractivity contribution is -0.137. The molecule has 1 aromatic carbocycles. The number of hydrogen-bond acceptors (Lipinski definition) is 6. The Kier molecular flexibility index (Phi) is 4.09. The second kappa shape index (κ2) is 6.48. The summed E-state index contributed by atoms with van der Waals surface area (Å²) in [6.07, 6.45) is 0.283. The van der Waals surface area contributed by atoms with Crippen LogP contribution in [0.4, 0.5) is 5.82 Å². The van der Waals surface area contributed by atoms with E-state index in [1.807, 2.05) is 18.2 Å². The Hall–Kier alpha value is -3.70. The van der Waals surface area contributed by atoms with Gasteiger partial charge in [-0.25, -0.2) is 9.78 Å². The van der Waals surface area contributed by atoms with Gasteiger partial charge < -0.3 is 20.7 Å². The fourth-order valence-corrected chi connectivity index (χ4v) is 3.12. The lowest BCUT2D eigenvalue weighted by atomic mass is 10.0. The zero-order chi connectivity index (χ0) is 19.9. The van der Waals surface area contributed by atoms with Crippen LogP contribution in [0.3, 0.4) is 0 Å². The number of nitrogen functional groups attached to an aromatic ring is 1. The Morgan fingerprint density at radius 3 is 2.82 bits per heavy atom. The van der Waals surface area contributed by atoms with Crippen LogP contribution in [0.1, 0.15) is 12.0 Å². The monoisotopic (exact) mass is 375 g/mol. The maximum atomic E-state index is 12.0. The lowest BCUT2D eigenvalue weighted by Crippen LogP contribution is -2.37. The molecule has 4 N–H and O–H groups in total. The second-order valence-electron chi connectivity index (χ2n) is 6.69. The largest absolute Gasteiger partial charge is 0.382 e. The average molecular weight is 375 g/mol. The SMILES string of the molecule is CN1CC[C@@](O)(C#Cc2cccc(-c3ccc4[nH]c(=O)nc(N)c4n3)c2)C1=O. The number of carbonyl (C=O) groups is 1. The number of aromatic nitrogens is 3. The molecule has 0 saturated carbocycles. The minimum absolute atomic E-state index is 0.0580. The molecular weight excluding hydrogens is 358 g/mol. The van der Waals surface area contributed by atoms with Crippen LogP contribution in [0, 0.1) is 11.8 Å². The van der Waals surface area contributed by atoms with Crippen molar-refractivity contribution in [1.29, 1.82) is 0 Å². The predicted octanol–water partition coefficient (Wildman–Crippen LogP) is 0.512. The standard InChI is InChI=1S/C20H17N5O3/c1-25-10-9-20(28,18(25)26)8-7-12-3-2-4-13(11-12)14-5-6-15-16(22-14)17(21)24-19(27)23-15/h2-6,11,28H,9-10H2,1H3,(H3,21,23,24,27)/t20-/m0/s1. The third kappa shape index (κ3) is 3.08. The predicted molar refractivity (Wildman–Crippen MR) is 104 cm³/mol. The molecule has 1 fully saturated rings. The quantitative estimate of drug-likeness (QED) is 0.532. The number of nitrogens with two attached hydrogens (primary N) is 1. The summed E-state index contributed by atoms with van der Waals surface area (Å²) in [6, 6.07) is 10.7. The number of likely N-dealkylation sites (tertiary alicyclic amines) is 1. The number of hydrogen-bond donors (Lipinski definition) is 3. The van der Waals surface area contributed by atoms with Crippen LogP contribution < -0.4 is 11.4 Å². The van der Waals surface area contributed by atoms with E-state index in [0.717, 1.165) is 5.56 Å². The summed E-state index contributed by atoms with van der Waals surface area (Å²) < 4.78 is 0. The average Bonchev–Trinajstić information content (AvgIpc) is 2.94. The van der Waals surface area contributed by atoms with Crippen molar-refractivity contribution in [2.24, 2.45) is 0 Å². The summed E-state index contributed by atoms with van der Waals surface area (Å²) in [5.41, 5.74) is 6.60. The van der Waals surface area contributed by atoms with Crippen LogP contribution in [-0.4, -0.2) is 50.1 Å². The molecule has 140 valence electrons. The molecule has 3 heterocycles. The number of H-pyrrole nitrogens is 1. The lowest BCUT2D eigenvalue weighted by Gasteiger charge is -2.13. The van der Waals surface area contributed by atoms with E-state index < -0.39 is 11.3 Å². The molecular formula is C20H17N5O3. The molecule has 28 heavy (non-hydrogen) atoms. The van der Waals surface area contributed by atoms with E-state index in [-0.39, 0.29) is 18.1 Å². The number of rotatable bonds is 1. The third-order valence-corrected chi connectivity index (χ3v) is 4.68. The highest BCUT2D eigenvalue weighted by atomic mass is 16.3. The Balaban J connectivity index is 1.70. The molecule has 0 unspecified atom stereocenters. The fourth-order valence-electron chi connectivity index (χ4n) is 3.12. The van der Waals surface area contributed by atoms with Gasteiger partial charge in [-0.2, -0.15) is 4.98 Å². The van der Waals surface area contributed by atoms with Crippen LogP contribution in [-0.2, 0) is 4.79 Å². The summed E-state index contributed by atoms with van der Waals surface area (Å²) in [5.74, 6) is 5.26. The van der Waals surface area contributed by atoms with Gasteiger partial charge in [-0.15, -0.1) is 0 Å². The topological polar surface area (TPSA) is 125 Å². The van der Waals surface area contributed by atoms with Crippen molar-refractivity contribution in [1.82, 2.24) is 19.9 Å². The van der Waals surface area contributed by atoms with Gasteiger partial charge in [0.15, 0.2) is 5.82 Å². The van der Waals surface area contributed by atoms with Gasteiger partial charge in [-0.1, -0.05) is 24.0 Å². The van der Waals surface area contributed by atoms with E-state index in [2.05, 4.69) is 26.8 Å². The number of nitrogens with one attached hydrogen (secondary N) is 1. The van der Waals surface area contributed by atoms with E-state index in [1.165, 1.54) is 4.90 Å². The molecule has 1 aliphatic heterocycles. The zero-order valence-electron chi connectivity index (χ0n) is 15.1. The maximum absolute atomic E-state index is 12.0. The van der Waals surface area contributed by atoms with Crippen LogP contribution in [0.15, 0.2) is 41.2 Å². The first-order chi connectivity index (χ1) is 13.4. The van der Waals surface area contributed by atoms with Crippen molar-refractivity contribution in [3.63, 3.8) is 0 Å². The zero-order valence-corrected chi connectivity index (χ0v) is 15.1. The number of carbonyl (C=O) groups excluding carboxylic acids is 1. The van der Waals surface area contributed by atoms with Gasteiger partial charge in [0.05, 0.1) is 11.2 Å². The minimum Gasteiger partial charge on any atom is -0.382 e. The summed E-state index contributed by atoms with van der Waals surface area (Å²) >= 11 is 0. The number of pyridine rings is 1. The molecule has 8 nitrogen and oxygen atoms in total. The third-order valence-electron chi connectivity index (χ3n) is 4.68. The van der Waals surface area contributed by atoms with Gasteiger partial charge in [-0.05, 0) is 24.3 Å².